The summed E-state index contributed by atoms with van der Waals surface area (Å²) in [6.07, 6.45) is 3.93. The zero-order valence-electron chi connectivity index (χ0n) is 24.7. The number of hydrogen-bond acceptors (Lipinski definition) is 7. The molecule has 3 heterocycles. The molecular weight excluding hydrogens is 598 g/mol. The molecule has 6 rings (SSSR count). The quantitative estimate of drug-likeness (QED) is 0.213. The van der Waals surface area contributed by atoms with E-state index in [1.165, 1.54) is 11.3 Å². The van der Waals surface area contributed by atoms with Crippen molar-refractivity contribution in [2.45, 2.75) is 26.4 Å². The maximum Gasteiger partial charge on any atom is 0.338 e. The molecule has 0 bridgehead atoms. The van der Waals surface area contributed by atoms with E-state index < -0.39 is 12.0 Å². The van der Waals surface area contributed by atoms with E-state index in [1.54, 1.807) is 44.8 Å². The van der Waals surface area contributed by atoms with Gasteiger partial charge in [-0.3, -0.25) is 9.36 Å². The van der Waals surface area contributed by atoms with Gasteiger partial charge in [-0.15, -0.1) is 0 Å². The average molecular weight is 628 g/mol. The van der Waals surface area contributed by atoms with Crippen LogP contribution in [0.4, 0.5) is 0 Å². The SMILES string of the molecule is CCOC(=O)C1=C(C)N=c2sc(=Cc3cn(Cc4ccccc4Cl)c4ccccc34)c(=O)n2[C@H]1c1ccc(OC)c(OC)c1. The van der Waals surface area contributed by atoms with Crippen molar-refractivity contribution in [1.82, 2.24) is 9.13 Å². The van der Waals surface area contributed by atoms with Crippen LogP contribution in [0.25, 0.3) is 17.0 Å². The van der Waals surface area contributed by atoms with Crippen molar-refractivity contribution in [3.8, 4) is 11.5 Å². The number of aromatic nitrogens is 2. The monoisotopic (exact) mass is 627 g/mol. The fourth-order valence-corrected chi connectivity index (χ4v) is 6.84. The van der Waals surface area contributed by atoms with Crippen LogP contribution < -0.4 is 24.4 Å². The Morgan fingerprint density at radius 3 is 2.55 bits per heavy atom. The highest BCUT2D eigenvalue weighted by Crippen LogP contribution is 2.36. The topological polar surface area (TPSA) is 84.1 Å². The Labute approximate surface area is 262 Å². The van der Waals surface area contributed by atoms with Crippen molar-refractivity contribution in [2.24, 2.45) is 4.99 Å². The molecule has 44 heavy (non-hydrogen) atoms. The van der Waals surface area contributed by atoms with Crippen molar-refractivity contribution in [2.75, 3.05) is 20.8 Å². The lowest BCUT2D eigenvalue weighted by Gasteiger charge is -2.25. The lowest BCUT2D eigenvalue weighted by molar-refractivity contribution is -0.139. The number of rotatable bonds is 8. The number of esters is 1. The summed E-state index contributed by atoms with van der Waals surface area (Å²) < 4.78 is 20.6. The van der Waals surface area contributed by atoms with Crippen molar-refractivity contribution in [3.63, 3.8) is 0 Å². The molecule has 0 saturated heterocycles. The van der Waals surface area contributed by atoms with Crippen LogP contribution >= 0.6 is 22.9 Å². The minimum Gasteiger partial charge on any atom is -0.493 e. The number of methoxy groups -OCH3 is 2. The number of para-hydroxylation sites is 1. The molecule has 5 aromatic rings. The first-order valence-electron chi connectivity index (χ1n) is 14.1. The third-order valence-electron chi connectivity index (χ3n) is 7.64. The van der Waals surface area contributed by atoms with Gasteiger partial charge in [-0.1, -0.05) is 65.4 Å². The second-order valence-electron chi connectivity index (χ2n) is 10.2. The number of allylic oxidation sites excluding steroid dienone is 1. The number of nitrogens with zero attached hydrogens (tertiary/aromatic N) is 3. The molecule has 3 aromatic carbocycles. The van der Waals surface area contributed by atoms with E-state index in [4.69, 9.17) is 30.8 Å². The maximum absolute atomic E-state index is 14.2. The van der Waals surface area contributed by atoms with Crippen LogP contribution in [0, 0.1) is 0 Å². The average Bonchev–Trinajstić information content (AvgIpc) is 3.53. The van der Waals surface area contributed by atoms with E-state index in [1.807, 2.05) is 60.8 Å². The Bertz CT molecular complexity index is 2120. The van der Waals surface area contributed by atoms with Gasteiger partial charge < -0.3 is 18.8 Å². The minimum absolute atomic E-state index is 0.191. The molecule has 10 heteroatoms. The van der Waals surface area contributed by atoms with Crippen LogP contribution in [0.2, 0.25) is 5.02 Å². The van der Waals surface area contributed by atoms with Crippen LogP contribution in [0.15, 0.2) is 94.0 Å². The van der Waals surface area contributed by atoms with Gasteiger partial charge in [-0.05, 0) is 55.3 Å². The van der Waals surface area contributed by atoms with Crippen molar-refractivity contribution in [1.29, 1.82) is 0 Å². The fraction of sp³-hybridized carbons (Fsp3) is 0.206. The first-order chi connectivity index (χ1) is 21.3. The fourth-order valence-electron chi connectivity index (χ4n) is 5.60. The summed E-state index contributed by atoms with van der Waals surface area (Å²) in [5.41, 5.74) is 4.12. The molecule has 0 unspecified atom stereocenters. The van der Waals surface area contributed by atoms with E-state index in [9.17, 15) is 9.59 Å². The summed E-state index contributed by atoms with van der Waals surface area (Å²) in [6.45, 7) is 4.28. The highest BCUT2D eigenvalue weighted by atomic mass is 35.5. The van der Waals surface area contributed by atoms with Crippen LogP contribution in [0.1, 0.15) is 36.6 Å². The van der Waals surface area contributed by atoms with Gasteiger partial charge in [0.05, 0.1) is 42.7 Å². The number of carbonyl (C=O) groups excluding carboxylic acids is 1. The van der Waals surface area contributed by atoms with Crippen LogP contribution in [-0.2, 0) is 16.1 Å². The molecule has 1 atom stereocenters. The Kier molecular flexibility index (Phi) is 8.16. The molecule has 0 amide bonds. The van der Waals surface area contributed by atoms with Crippen molar-refractivity contribution < 1.29 is 19.0 Å². The third-order valence-corrected chi connectivity index (χ3v) is 9.00. The number of halogens is 1. The van der Waals surface area contributed by atoms with E-state index in [0.29, 0.717) is 49.2 Å². The number of carbonyl (C=O) groups is 1. The minimum atomic E-state index is -0.770. The molecule has 0 saturated carbocycles. The van der Waals surface area contributed by atoms with Gasteiger partial charge in [0.2, 0.25) is 0 Å². The van der Waals surface area contributed by atoms with Gasteiger partial charge in [0, 0.05) is 34.2 Å². The lowest BCUT2D eigenvalue weighted by Crippen LogP contribution is -2.39. The molecule has 224 valence electrons. The second-order valence-corrected chi connectivity index (χ2v) is 11.7. The van der Waals surface area contributed by atoms with Crippen LogP contribution in [0.5, 0.6) is 11.5 Å². The zero-order valence-corrected chi connectivity index (χ0v) is 26.2. The summed E-state index contributed by atoms with van der Waals surface area (Å²) in [5, 5.41) is 1.70. The Morgan fingerprint density at radius 1 is 1.05 bits per heavy atom. The molecular formula is C34H30ClN3O5S. The summed E-state index contributed by atoms with van der Waals surface area (Å²) in [4.78, 5) is 32.7. The standard InChI is InChI=1S/C34H30ClN3O5S/c1-5-43-33(40)30-20(2)36-34-38(31(30)21-14-15-27(41-3)28(16-21)42-4)32(39)29(44-34)17-23-19-37(26-13-9-7-11-24(23)26)18-22-10-6-8-12-25(22)35/h6-17,19,31H,5,18H2,1-4H3/t31-/m0/s1. The zero-order chi connectivity index (χ0) is 31.0. The highest BCUT2D eigenvalue weighted by molar-refractivity contribution is 7.07. The molecule has 1 aliphatic rings. The predicted molar refractivity (Wildman–Crippen MR) is 172 cm³/mol. The van der Waals surface area contributed by atoms with Crippen LogP contribution in [0.3, 0.4) is 0 Å². The van der Waals surface area contributed by atoms with Gasteiger partial charge in [-0.2, -0.15) is 0 Å². The molecule has 0 aliphatic carbocycles. The largest absolute Gasteiger partial charge is 0.493 e. The summed E-state index contributed by atoms with van der Waals surface area (Å²) in [5.74, 6) is 0.497. The van der Waals surface area contributed by atoms with Gasteiger partial charge in [0.15, 0.2) is 16.3 Å². The smallest absolute Gasteiger partial charge is 0.338 e. The summed E-state index contributed by atoms with van der Waals surface area (Å²) in [7, 11) is 3.10. The molecule has 0 N–H and O–H groups in total. The lowest BCUT2D eigenvalue weighted by atomic mass is 9.95. The molecule has 0 spiro atoms. The molecule has 0 radical (unpaired) electrons. The van der Waals surface area contributed by atoms with Gasteiger partial charge in [-0.25, -0.2) is 9.79 Å². The number of ether oxygens (including phenoxy) is 3. The van der Waals surface area contributed by atoms with Gasteiger partial charge in [0.25, 0.3) is 5.56 Å². The Balaban J connectivity index is 1.53. The number of fused-ring (bicyclic) bond motifs is 2. The maximum atomic E-state index is 14.2. The van der Waals surface area contributed by atoms with E-state index in [-0.39, 0.29) is 12.2 Å². The normalized spacial score (nSPS) is 14.8. The van der Waals surface area contributed by atoms with Crippen molar-refractivity contribution in [3.05, 3.63) is 126 Å². The number of benzene rings is 3. The summed E-state index contributed by atoms with van der Waals surface area (Å²) >= 11 is 7.76. The van der Waals surface area contributed by atoms with Gasteiger partial charge >= 0.3 is 5.97 Å². The highest BCUT2D eigenvalue weighted by Gasteiger charge is 2.34. The molecule has 8 nitrogen and oxygen atoms in total. The number of thiazole rings is 1. The predicted octanol–water partition coefficient (Wildman–Crippen LogP) is 5.47. The first-order valence-corrected chi connectivity index (χ1v) is 15.3. The third kappa shape index (κ3) is 5.22. The van der Waals surface area contributed by atoms with E-state index in [0.717, 1.165) is 22.0 Å². The number of hydrogen-bond donors (Lipinski definition) is 0. The van der Waals surface area contributed by atoms with Crippen LogP contribution in [-0.4, -0.2) is 35.9 Å². The van der Waals surface area contributed by atoms with Gasteiger partial charge in [0.1, 0.15) is 0 Å². The molecule has 1 aliphatic heterocycles. The molecule has 2 aromatic heterocycles. The first kappa shape index (κ1) is 29.5. The van der Waals surface area contributed by atoms with E-state index in [2.05, 4.69) is 10.6 Å². The summed E-state index contributed by atoms with van der Waals surface area (Å²) in [6, 6.07) is 20.4. The Morgan fingerprint density at radius 2 is 1.80 bits per heavy atom. The second kappa shape index (κ2) is 12.2. The Hall–Kier alpha value is -4.60. The molecule has 0 fully saturated rings. The van der Waals surface area contributed by atoms with E-state index >= 15 is 0 Å². The van der Waals surface area contributed by atoms with Crippen molar-refractivity contribution >= 4 is 45.9 Å².